The van der Waals surface area contributed by atoms with Crippen LogP contribution >= 0.6 is 0 Å². The minimum absolute atomic E-state index is 0.0824. The molecule has 27 heavy (non-hydrogen) atoms. The first kappa shape index (κ1) is 20.8. The van der Waals surface area contributed by atoms with Crippen LogP contribution in [0.3, 0.4) is 0 Å². The van der Waals surface area contributed by atoms with Crippen molar-refractivity contribution in [2.45, 2.75) is 45.1 Å². The summed E-state index contributed by atoms with van der Waals surface area (Å²) in [6.07, 6.45) is 7.75. The molecule has 1 aliphatic carbocycles. The maximum Gasteiger partial charge on any atom is 0.307 e. The van der Waals surface area contributed by atoms with Crippen molar-refractivity contribution in [2.75, 3.05) is 27.4 Å². The highest BCUT2D eigenvalue weighted by atomic mass is 16.5. The largest absolute Gasteiger partial charge is 0.493 e. The zero-order chi connectivity index (χ0) is 19.6. The van der Waals surface area contributed by atoms with Crippen molar-refractivity contribution in [3.8, 4) is 11.5 Å². The molecule has 6 nitrogen and oxygen atoms in total. The van der Waals surface area contributed by atoms with E-state index < -0.39 is 0 Å². The van der Waals surface area contributed by atoms with Crippen LogP contribution in [0.4, 0.5) is 0 Å². The SMILES string of the molecule is CCOC(=O)CCN(C(=O)/C=C/c1ccc(OC)c(OC)c1)C1CCCC1. The van der Waals surface area contributed by atoms with Gasteiger partial charge >= 0.3 is 5.97 Å². The minimum atomic E-state index is -0.267. The van der Waals surface area contributed by atoms with E-state index in [9.17, 15) is 9.59 Å². The molecular formula is C21H29NO5. The molecule has 0 spiro atoms. The van der Waals surface area contributed by atoms with E-state index in [2.05, 4.69) is 0 Å². The molecular weight excluding hydrogens is 346 g/mol. The number of esters is 1. The number of carbonyl (C=O) groups excluding carboxylic acids is 2. The fraction of sp³-hybridized carbons (Fsp3) is 0.524. The molecule has 1 aliphatic rings. The Morgan fingerprint density at radius 3 is 2.48 bits per heavy atom. The van der Waals surface area contributed by atoms with Crippen LogP contribution in [0.1, 0.15) is 44.6 Å². The lowest BCUT2D eigenvalue weighted by Crippen LogP contribution is -2.39. The van der Waals surface area contributed by atoms with Gasteiger partial charge in [-0.25, -0.2) is 0 Å². The second kappa shape index (κ2) is 10.6. The van der Waals surface area contributed by atoms with Crippen molar-refractivity contribution in [3.05, 3.63) is 29.8 Å². The predicted octanol–water partition coefficient (Wildman–Crippen LogP) is 3.44. The molecule has 0 unspecified atom stereocenters. The Labute approximate surface area is 161 Å². The summed E-state index contributed by atoms with van der Waals surface area (Å²) in [5.41, 5.74) is 0.845. The Bertz CT molecular complexity index is 665. The summed E-state index contributed by atoms with van der Waals surface area (Å²) in [6, 6.07) is 5.69. The van der Waals surface area contributed by atoms with Crippen LogP contribution in [0.25, 0.3) is 6.08 Å². The normalized spacial score (nSPS) is 14.3. The molecule has 148 valence electrons. The lowest BCUT2D eigenvalue weighted by Gasteiger charge is -2.27. The Morgan fingerprint density at radius 1 is 1.15 bits per heavy atom. The molecule has 0 atom stereocenters. The van der Waals surface area contributed by atoms with E-state index in [1.54, 1.807) is 44.3 Å². The van der Waals surface area contributed by atoms with Crippen LogP contribution < -0.4 is 9.47 Å². The molecule has 0 aliphatic heterocycles. The summed E-state index contributed by atoms with van der Waals surface area (Å²) in [5.74, 6) is 0.906. The van der Waals surface area contributed by atoms with E-state index in [0.717, 1.165) is 31.2 Å². The van der Waals surface area contributed by atoms with E-state index in [-0.39, 0.29) is 24.3 Å². The molecule has 0 N–H and O–H groups in total. The molecule has 2 rings (SSSR count). The van der Waals surface area contributed by atoms with E-state index in [1.807, 2.05) is 12.1 Å². The van der Waals surface area contributed by atoms with Crippen molar-refractivity contribution in [1.29, 1.82) is 0 Å². The Morgan fingerprint density at radius 2 is 1.85 bits per heavy atom. The van der Waals surface area contributed by atoms with Gasteiger partial charge < -0.3 is 19.1 Å². The maximum absolute atomic E-state index is 12.8. The van der Waals surface area contributed by atoms with Crippen LogP contribution in [-0.4, -0.2) is 50.2 Å². The Kier molecular flexibility index (Phi) is 8.17. The highest BCUT2D eigenvalue weighted by Gasteiger charge is 2.26. The van der Waals surface area contributed by atoms with Gasteiger partial charge in [0.1, 0.15) is 0 Å². The third-order valence-electron chi connectivity index (χ3n) is 4.74. The topological polar surface area (TPSA) is 65.1 Å². The molecule has 0 radical (unpaired) electrons. The smallest absolute Gasteiger partial charge is 0.307 e. The average molecular weight is 375 g/mol. The van der Waals surface area contributed by atoms with Crippen molar-refractivity contribution in [1.82, 2.24) is 4.90 Å². The van der Waals surface area contributed by atoms with E-state index >= 15 is 0 Å². The van der Waals surface area contributed by atoms with Crippen molar-refractivity contribution >= 4 is 18.0 Å². The second-order valence-electron chi connectivity index (χ2n) is 6.47. The van der Waals surface area contributed by atoms with Crippen molar-refractivity contribution in [2.24, 2.45) is 0 Å². The van der Waals surface area contributed by atoms with Gasteiger partial charge in [-0.3, -0.25) is 9.59 Å². The summed E-state index contributed by atoms with van der Waals surface area (Å²) < 4.78 is 15.5. The average Bonchev–Trinajstić information content (AvgIpc) is 3.20. The number of ether oxygens (including phenoxy) is 3. The first-order valence-corrected chi connectivity index (χ1v) is 9.45. The van der Waals surface area contributed by atoms with Crippen LogP contribution in [0.2, 0.25) is 0 Å². The van der Waals surface area contributed by atoms with Crippen LogP contribution in [0.15, 0.2) is 24.3 Å². The fourth-order valence-electron chi connectivity index (χ4n) is 3.35. The molecule has 1 fully saturated rings. The quantitative estimate of drug-likeness (QED) is 0.489. The summed E-state index contributed by atoms with van der Waals surface area (Å²) in [4.78, 5) is 26.3. The molecule has 6 heteroatoms. The second-order valence-corrected chi connectivity index (χ2v) is 6.47. The lowest BCUT2D eigenvalue weighted by atomic mass is 10.1. The van der Waals surface area contributed by atoms with Gasteiger partial charge in [-0.05, 0) is 43.5 Å². The monoisotopic (exact) mass is 375 g/mol. The van der Waals surface area contributed by atoms with E-state index in [0.29, 0.717) is 24.7 Å². The Balaban J connectivity index is 2.07. The van der Waals surface area contributed by atoms with Gasteiger partial charge in [0, 0.05) is 18.7 Å². The summed E-state index contributed by atoms with van der Waals surface area (Å²) in [6.45, 7) is 2.53. The van der Waals surface area contributed by atoms with Gasteiger partial charge in [0.05, 0.1) is 27.2 Å². The van der Waals surface area contributed by atoms with Crippen LogP contribution in [0, 0.1) is 0 Å². The summed E-state index contributed by atoms with van der Waals surface area (Å²) >= 11 is 0. The summed E-state index contributed by atoms with van der Waals surface area (Å²) in [7, 11) is 3.16. The van der Waals surface area contributed by atoms with Gasteiger partial charge in [0.25, 0.3) is 0 Å². The third kappa shape index (κ3) is 6.01. The van der Waals surface area contributed by atoms with Gasteiger partial charge in [-0.1, -0.05) is 18.9 Å². The van der Waals surface area contributed by atoms with Crippen molar-refractivity contribution in [3.63, 3.8) is 0 Å². The zero-order valence-corrected chi connectivity index (χ0v) is 16.4. The van der Waals surface area contributed by atoms with Gasteiger partial charge in [0.15, 0.2) is 11.5 Å². The molecule has 1 aromatic carbocycles. The van der Waals surface area contributed by atoms with E-state index in [4.69, 9.17) is 14.2 Å². The zero-order valence-electron chi connectivity index (χ0n) is 16.4. The molecule has 1 aromatic rings. The molecule has 1 saturated carbocycles. The highest BCUT2D eigenvalue weighted by Crippen LogP contribution is 2.28. The minimum Gasteiger partial charge on any atom is -0.493 e. The molecule has 0 bridgehead atoms. The first-order valence-electron chi connectivity index (χ1n) is 9.45. The lowest BCUT2D eigenvalue weighted by molar-refractivity contribution is -0.144. The number of hydrogen-bond donors (Lipinski definition) is 0. The number of amides is 1. The predicted molar refractivity (Wildman–Crippen MR) is 104 cm³/mol. The molecule has 0 heterocycles. The van der Waals surface area contributed by atoms with Gasteiger partial charge in [0.2, 0.25) is 5.91 Å². The number of carbonyl (C=O) groups is 2. The molecule has 1 amide bonds. The van der Waals surface area contributed by atoms with Crippen LogP contribution in [-0.2, 0) is 14.3 Å². The first-order chi connectivity index (χ1) is 13.1. The molecule has 0 saturated heterocycles. The number of methoxy groups -OCH3 is 2. The summed E-state index contributed by atoms with van der Waals surface area (Å²) in [5, 5.41) is 0. The third-order valence-corrected chi connectivity index (χ3v) is 4.74. The van der Waals surface area contributed by atoms with E-state index in [1.165, 1.54) is 0 Å². The van der Waals surface area contributed by atoms with Gasteiger partial charge in [-0.2, -0.15) is 0 Å². The van der Waals surface area contributed by atoms with Crippen molar-refractivity contribution < 1.29 is 23.8 Å². The highest BCUT2D eigenvalue weighted by molar-refractivity contribution is 5.92. The standard InChI is InChI=1S/C21H29NO5/c1-4-27-21(24)13-14-22(17-7-5-6-8-17)20(23)12-10-16-9-11-18(25-2)19(15-16)26-3/h9-12,15,17H,4-8,13-14H2,1-3H3/b12-10+. The number of nitrogens with zero attached hydrogens (tertiary/aromatic N) is 1. The number of rotatable bonds is 9. The fourth-order valence-corrected chi connectivity index (χ4v) is 3.35. The van der Waals surface area contributed by atoms with Gasteiger partial charge in [-0.15, -0.1) is 0 Å². The number of benzene rings is 1. The Hall–Kier alpha value is -2.50. The number of hydrogen-bond acceptors (Lipinski definition) is 5. The molecule has 0 aromatic heterocycles. The maximum atomic E-state index is 12.8. The van der Waals surface area contributed by atoms with Crippen LogP contribution in [0.5, 0.6) is 11.5 Å².